The van der Waals surface area contributed by atoms with Gasteiger partial charge in [-0.2, -0.15) is 5.10 Å². The van der Waals surface area contributed by atoms with E-state index in [9.17, 15) is 4.79 Å². The van der Waals surface area contributed by atoms with E-state index in [1.807, 2.05) is 55.5 Å². The van der Waals surface area contributed by atoms with Gasteiger partial charge in [-0.15, -0.1) is 10.2 Å². The average molecular weight is 417 g/mol. The third-order valence-corrected chi connectivity index (χ3v) is 4.99. The van der Waals surface area contributed by atoms with Crippen molar-refractivity contribution >= 4 is 17.2 Å². The van der Waals surface area contributed by atoms with Crippen LogP contribution >= 0.6 is 0 Å². The fourth-order valence-electron chi connectivity index (χ4n) is 3.46. The van der Waals surface area contributed by atoms with Gasteiger partial charge in [0.25, 0.3) is 5.91 Å². The molecule has 0 bridgehead atoms. The van der Waals surface area contributed by atoms with E-state index in [-0.39, 0.29) is 11.6 Å². The zero-order valence-electron chi connectivity index (χ0n) is 17.8. The lowest BCUT2D eigenvalue weighted by molar-refractivity contribution is 0.102. The maximum atomic E-state index is 12.9. The monoisotopic (exact) mass is 417 g/mol. The average Bonchev–Trinajstić information content (AvgIpc) is 3.13. The van der Waals surface area contributed by atoms with Crippen molar-refractivity contribution in [1.82, 2.24) is 19.8 Å². The summed E-state index contributed by atoms with van der Waals surface area (Å²) in [6, 6.07) is 15.2. The van der Waals surface area contributed by atoms with Crippen LogP contribution in [0.25, 0.3) is 16.8 Å². The summed E-state index contributed by atoms with van der Waals surface area (Å²) < 4.78 is 12.2. The number of nitrogens with one attached hydrogen (secondary N) is 1. The lowest BCUT2D eigenvalue weighted by Gasteiger charge is -2.08. The summed E-state index contributed by atoms with van der Waals surface area (Å²) in [4.78, 5) is 12.9. The molecule has 2 aromatic heterocycles. The quantitative estimate of drug-likeness (QED) is 0.513. The highest BCUT2D eigenvalue weighted by Gasteiger charge is 2.22. The minimum atomic E-state index is -0.340. The second kappa shape index (κ2) is 8.53. The van der Waals surface area contributed by atoms with Crippen molar-refractivity contribution in [3.63, 3.8) is 0 Å². The van der Waals surface area contributed by atoms with E-state index < -0.39 is 0 Å². The Hall–Kier alpha value is -3.78. The number of hydrogen-bond acceptors (Lipinski definition) is 6. The normalized spacial score (nSPS) is 11.0. The van der Waals surface area contributed by atoms with E-state index in [1.165, 1.54) is 0 Å². The molecule has 8 heteroatoms. The van der Waals surface area contributed by atoms with Crippen LogP contribution in [0.15, 0.2) is 48.5 Å². The minimum Gasteiger partial charge on any atom is -0.497 e. The van der Waals surface area contributed by atoms with Crippen LogP contribution in [0.4, 0.5) is 5.69 Å². The zero-order valence-corrected chi connectivity index (χ0v) is 17.8. The number of carbonyl (C=O) groups is 1. The number of methoxy groups -OCH3 is 2. The van der Waals surface area contributed by atoms with E-state index in [1.54, 1.807) is 25.7 Å². The Balaban J connectivity index is 1.77. The summed E-state index contributed by atoms with van der Waals surface area (Å²) in [5.74, 6) is 0.415. The van der Waals surface area contributed by atoms with Crippen molar-refractivity contribution in [3.05, 3.63) is 71.2 Å². The molecular formula is C23H23N5O3. The molecule has 0 fully saturated rings. The fourth-order valence-corrected chi connectivity index (χ4v) is 3.46. The first-order chi connectivity index (χ1) is 15.0. The van der Waals surface area contributed by atoms with Crippen LogP contribution in [-0.4, -0.2) is 39.9 Å². The number of hydrogen-bond donors (Lipinski definition) is 1. The van der Waals surface area contributed by atoms with Crippen molar-refractivity contribution in [2.75, 3.05) is 19.5 Å². The number of aryl methyl sites for hydroxylation is 2. The van der Waals surface area contributed by atoms with Gasteiger partial charge in [-0.25, -0.2) is 4.52 Å². The molecule has 2 heterocycles. The predicted molar refractivity (Wildman–Crippen MR) is 117 cm³/mol. The molecule has 0 atom stereocenters. The Morgan fingerprint density at radius 1 is 1.06 bits per heavy atom. The predicted octanol–water partition coefficient (Wildman–Crippen LogP) is 3.82. The number of rotatable bonds is 6. The fraction of sp³-hybridized carbons (Fsp3) is 0.217. The molecule has 4 aromatic rings. The summed E-state index contributed by atoms with van der Waals surface area (Å²) >= 11 is 0. The van der Waals surface area contributed by atoms with Crippen molar-refractivity contribution in [1.29, 1.82) is 0 Å². The number of benzene rings is 2. The van der Waals surface area contributed by atoms with Gasteiger partial charge in [0.15, 0.2) is 11.3 Å². The first kappa shape index (κ1) is 20.5. The molecule has 0 aliphatic heterocycles. The Labute approximate surface area is 179 Å². The SMILES string of the molecule is COCc1nn2c(C)c(C(=O)Nc3cccc(C)c3)nnc2c1-c1ccc(OC)cc1. The number of carbonyl (C=O) groups excluding carboxylic acids is 1. The largest absolute Gasteiger partial charge is 0.497 e. The van der Waals surface area contributed by atoms with Crippen LogP contribution in [-0.2, 0) is 11.3 Å². The molecule has 8 nitrogen and oxygen atoms in total. The van der Waals surface area contributed by atoms with Crippen molar-refractivity contribution in [3.8, 4) is 16.9 Å². The molecule has 0 spiro atoms. The minimum absolute atomic E-state index is 0.210. The highest BCUT2D eigenvalue weighted by molar-refractivity contribution is 6.03. The summed E-state index contributed by atoms with van der Waals surface area (Å²) in [6.45, 7) is 4.07. The van der Waals surface area contributed by atoms with Crippen LogP contribution < -0.4 is 10.1 Å². The molecule has 0 radical (unpaired) electrons. The third-order valence-electron chi connectivity index (χ3n) is 4.99. The summed E-state index contributed by atoms with van der Waals surface area (Å²) in [5, 5.41) is 16.1. The van der Waals surface area contributed by atoms with Gasteiger partial charge in [0.05, 0.1) is 30.7 Å². The maximum absolute atomic E-state index is 12.9. The lowest BCUT2D eigenvalue weighted by atomic mass is 10.1. The Kier molecular flexibility index (Phi) is 5.64. The smallest absolute Gasteiger partial charge is 0.278 e. The Bertz CT molecular complexity index is 1250. The molecule has 31 heavy (non-hydrogen) atoms. The highest BCUT2D eigenvalue weighted by Crippen LogP contribution is 2.30. The van der Waals surface area contributed by atoms with Gasteiger partial charge in [0.1, 0.15) is 5.75 Å². The molecule has 0 saturated carbocycles. The molecule has 0 saturated heterocycles. The number of aromatic nitrogens is 4. The number of nitrogens with zero attached hydrogens (tertiary/aromatic N) is 4. The summed E-state index contributed by atoms with van der Waals surface area (Å²) in [6.07, 6.45) is 0. The molecule has 2 aromatic carbocycles. The maximum Gasteiger partial charge on any atom is 0.278 e. The first-order valence-corrected chi connectivity index (χ1v) is 9.78. The zero-order chi connectivity index (χ0) is 22.0. The van der Waals surface area contributed by atoms with Crippen molar-refractivity contribution in [2.45, 2.75) is 20.5 Å². The van der Waals surface area contributed by atoms with E-state index in [2.05, 4.69) is 20.6 Å². The molecule has 1 N–H and O–H groups in total. The molecule has 158 valence electrons. The Morgan fingerprint density at radius 2 is 1.84 bits per heavy atom. The Morgan fingerprint density at radius 3 is 2.52 bits per heavy atom. The topological polar surface area (TPSA) is 90.6 Å². The number of ether oxygens (including phenoxy) is 2. The van der Waals surface area contributed by atoms with Gasteiger partial charge >= 0.3 is 0 Å². The van der Waals surface area contributed by atoms with Crippen LogP contribution in [0.5, 0.6) is 5.75 Å². The van der Waals surface area contributed by atoms with Crippen LogP contribution in [0.3, 0.4) is 0 Å². The van der Waals surface area contributed by atoms with Gasteiger partial charge in [-0.05, 0) is 49.2 Å². The second-order valence-corrected chi connectivity index (χ2v) is 7.18. The van der Waals surface area contributed by atoms with Crippen molar-refractivity contribution in [2.24, 2.45) is 0 Å². The van der Waals surface area contributed by atoms with E-state index >= 15 is 0 Å². The lowest BCUT2D eigenvalue weighted by Crippen LogP contribution is -2.18. The van der Waals surface area contributed by atoms with E-state index in [0.29, 0.717) is 29.3 Å². The second-order valence-electron chi connectivity index (χ2n) is 7.18. The standard InChI is InChI=1S/C23H23N5O3/c1-14-6-5-7-17(12-14)24-23(29)21-15(2)28-22(26-25-21)20(19(27-28)13-30-3)16-8-10-18(31-4)11-9-16/h5-12H,13H2,1-4H3,(H,24,29). The molecule has 0 aliphatic rings. The third kappa shape index (κ3) is 3.97. The van der Waals surface area contributed by atoms with E-state index in [0.717, 1.165) is 22.4 Å². The number of anilines is 1. The number of fused-ring (bicyclic) bond motifs is 1. The molecule has 0 unspecified atom stereocenters. The van der Waals surface area contributed by atoms with Gasteiger partial charge in [0.2, 0.25) is 0 Å². The van der Waals surface area contributed by atoms with Gasteiger partial charge < -0.3 is 14.8 Å². The summed E-state index contributed by atoms with van der Waals surface area (Å²) in [5.41, 5.74) is 5.54. The van der Waals surface area contributed by atoms with Gasteiger partial charge in [-0.1, -0.05) is 24.3 Å². The number of amides is 1. The van der Waals surface area contributed by atoms with Crippen LogP contribution in [0.2, 0.25) is 0 Å². The molecule has 1 amide bonds. The first-order valence-electron chi connectivity index (χ1n) is 9.78. The van der Waals surface area contributed by atoms with Crippen LogP contribution in [0, 0.1) is 13.8 Å². The molecule has 0 aliphatic carbocycles. The van der Waals surface area contributed by atoms with Crippen molar-refractivity contribution < 1.29 is 14.3 Å². The van der Waals surface area contributed by atoms with Gasteiger partial charge in [0, 0.05) is 12.8 Å². The summed E-state index contributed by atoms with van der Waals surface area (Å²) in [7, 11) is 3.24. The van der Waals surface area contributed by atoms with Crippen LogP contribution in [0.1, 0.15) is 27.4 Å². The van der Waals surface area contributed by atoms with E-state index in [4.69, 9.17) is 9.47 Å². The molecular weight excluding hydrogens is 394 g/mol. The van der Waals surface area contributed by atoms with Gasteiger partial charge in [-0.3, -0.25) is 4.79 Å². The molecule has 4 rings (SSSR count). The highest BCUT2D eigenvalue weighted by atomic mass is 16.5.